The highest BCUT2D eigenvalue weighted by Gasteiger charge is 2.24. The standard InChI is InChI=1S/C28H32Cl2N4O3/c29-24-17-21(19-35)18-25(30)27(24)32-28(37)34-15-13-33(14-16-34)23-11-9-22(10-12-23)31-26(36)8-4-7-20-5-2-1-3-6-20/h1-3,5-6,9-12,17-18,28,32,35,37H,4,7-8,13-16,19H2,(H,31,36). The molecule has 0 saturated carbocycles. The largest absolute Gasteiger partial charge is 0.392 e. The lowest BCUT2D eigenvalue weighted by Crippen LogP contribution is -2.52. The summed E-state index contributed by atoms with van der Waals surface area (Å²) in [4.78, 5) is 16.5. The van der Waals surface area contributed by atoms with E-state index in [1.807, 2.05) is 47.4 Å². The van der Waals surface area contributed by atoms with E-state index in [9.17, 15) is 15.0 Å². The molecule has 1 fully saturated rings. The van der Waals surface area contributed by atoms with Crippen molar-refractivity contribution in [3.05, 3.63) is 87.9 Å². The minimum absolute atomic E-state index is 0.0185. The van der Waals surface area contributed by atoms with Crippen molar-refractivity contribution in [2.45, 2.75) is 32.2 Å². The number of rotatable bonds is 10. The Kier molecular flexibility index (Phi) is 9.66. The Morgan fingerprint density at radius 2 is 1.57 bits per heavy atom. The maximum absolute atomic E-state index is 12.3. The van der Waals surface area contributed by atoms with Crippen LogP contribution in [0.25, 0.3) is 0 Å². The second-order valence-electron chi connectivity index (χ2n) is 9.07. The van der Waals surface area contributed by atoms with Gasteiger partial charge < -0.3 is 25.7 Å². The van der Waals surface area contributed by atoms with Crippen molar-refractivity contribution in [3.63, 3.8) is 0 Å². The number of anilines is 3. The van der Waals surface area contributed by atoms with E-state index < -0.39 is 6.35 Å². The van der Waals surface area contributed by atoms with Gasteiger partial charge in [0.1, 0.15) is 0 Å². The molecule has 1 atom stereocenters. The SMILES string of the molecule is O=C(CCCc1ccccc1)Nc1ccc(N2CCN(C(O)Nc3c(Cl)cc(CO)cc3Cl)CC2)cc1. The molecule has 0 aromatic heterocycles. The van der Waals surface area contributed by atoms with E-state index in [4.69, 9.17) is 23.2 Å². The summed E-state index contributed by atoms with van der Waals surface area (Å²) >= 11 is 12.5. The van der Waals surface area contributed by atoms with Crippen molar-refractivity contribution in [2.24, 2.45) is 0 Å². The smallest absolute Gasteiger partial charge is 0.224 e. The van der Waals surface area contributed by atoms with Crippen LogP contribution in [0.15, 0.2) is 66.7 Å². The minimum atomic E-state index is -0.948. The van der Waals surface area contributed by atoms with Gasteiger partial charge in [-0.25, -0.2) is 0 Å². The molecule has 4 N–H and O–H groups in total. The first kappa shape index (κ1) is 27.2. The Balaban J connectivity index is 1.22. The molecule has 1 unspecified atom stereocenters. The average molecular weight is 543 g/mol. The highest BCUT2D eigenvalue weighted by atomic mass is 35.5. The maximum Gasteiger partial charge on any atom is 0.224 e. The molecule has 0 spiro atoms. The number of amides is 1. The zero-order valence-corrected chi connectivity index (χ0v) is 22.0. The molecule has 1 amide bonds. The molecule has 1 saturated heterocycles. The van der Waals surface area contributed by atoms with E-state index in [0.29, 0.717) is 40.8 Å². The van der Waals surface area contributed by atoms with Gasteiger partial charge in [0.15, 0.2) is 6.35 Å². The predicted molar refractivity (Wildman–Crippen MR) is 150 cm³/mol. The van der Waals surface area contributed by atoms with Crippen LogP contribution in [-0.2, 0) is 17.8 Å². The van der Waals surface area contributed by atoms with Gasteiger partial charge in [0.05, 0.1) is 22.3 Å². The van der Waals surface area contributed by atoms with E-state index in [-0.39, 0.29) is 12.5 Å². The molecule has 3 aromatic rings. The van der Waals surface area contributed by atoms with Crippen molar-refractivity contribution in [1.82, 2.24) is 4.90 Å². The molecule has 0 radical (unpaired) electrons. The summed E-state index contributed by atoms with van der Waals surface area (Å²) in [6, 6.07) is 21.3. The first-order valence-corrected chi connectivity index (χ1v) is 13.1. The molecule has 1 aliphatic heterocycles. The molecular weight excluding hydrogens is 511 g/mol. The number of aliphatic hydroxyl groups excluding tert-OH is 2. The number of hydrogen-bond donors (Lipinski definition) is 4. The van der Waals surface area contributed by atoms with Gasteiger partial charge in [-0.2, -0.15) is 0 Å². The number of carbonyl (C=O) groups is 1. The predicted octanol–water partition coefficient (Wildman–Crippen LogP) is 4.96. The number of nitrogens with zero attached hydrogens (tertiary/aromatic N) is 2. The number of aliphatic hydroxyl groups is 2. The van der Waals surface area contributed by atoms with Crippen LogP contribution in [0, 0.1) is 0 Å². The summed E-state index contributed by atoms with van der Waals surface area (Å²) in [5.74, 6) is 0.0185. The molecule has 0 bridgehead atoms. The van der Waals surface area contributed by atoms with Crippen molar-refractivity contribution >= 4 is 46.2 Å². The van der Waals surface area contributed by atoms with E-state index >= 15 is 0 Å². The van der Waals surface area contributed by atoms with Crippen LogP contribution in [0.3, 0.4) is 0 Å². The number of aryl methyl sites for hydroxylation is 1. The monoisotopic (exact) mass is 542 g/mol. The fourth-order valence-electron chi connectivity index (χ4n) is 4.38. The molecular formula is C28H32Cl2N4O3. The van der Waals surface area contributed by atoms with Gasteiger partial charge in [0, 0.05) is 44.0 Å². The number of halogens is 2. The quantitative estimate of drug-likeness (QED) is 0.271. The average Bonchev–Trinajstić information content (AvgIpc) is 2.91. The summed E-state index contributed by atoms with van der Waals surface area (Å²) in [5.41, 5.74) is 4.14. The Hall–Kier alpha value is -2.81. The second kappa shape index (κ2) is 13.1. The molecule has 9 heteroatoms. The second-order valence-corrected chi connectivity index (χ2v) is 9.88. The Bertz CT molecular complexity index is 1150. The van der Waals surface area contributed by atoms with Crippen molar-refractivity contribution in [2.75, 3.05) is 41.7 Å². The molecule has 4 rings (SSSR count). The van der Waals surface area contributed by atoms with E-state index in [1.165, 1.54) is 5.56 Å². The maximum atomic E-state index is 12.3. The zero-order valence-electron chi connectivity index (χ0n) is 20.5. The number of carbonyl (C=O) groups excluding carboxylic acids is 1. The van der Waals surface area contributed by atoms with Crippen LogP contribution in [0.1, 0.15) is 24.0 Å². The first-order chi connectivity index (χ1) is 17.9. The number of piperazine rings is 1. The third-order valence-electron chi connectivity index (χ3n) is 6.45. The lowest BCUT2D eigenvalue weighted by molar-refractivity contribution is -0.116. The minimum Gasteiger partial charge on any atom is -0.392 e. The molecule has 7 nitrogen and oxygen atoms in total. The summed E-state index contributed by atoms with van der Waals surface area (Å²) in [7, 11) is 0. The van der Waals surface area contributed by atoms with Gasteiger partial charge in [-0.05, 0) is 60.4 Å². The van der Waals surface area contributed by atoms with E-state index in [1.54, 1.807) is 12.1 Å². The van der Waals surface area contributed by atoms with Gasteiger partial charge in [0.2, 0.25) is 5.91 Å². The fourth-order valence-corrected chi connectivity index (χ4v) is 5.02. The Morgan fingerprint density at radius 1 is 0.919 bits per heavy atom. The Morgan fingerprint density at radius 3 is 2.19 bits per heavy atom. The van der Waals surface area contributed by atoms with Crippen LogP contribution in [0.2, 0.25) is 10.0 Å². The van der Waals surface area contributed by atoms with Gasteiger partial charge >= 0.3 is 0 Å². The normalized spacial score (nSPS) is 14.9. The van der Waals surface area contributed by atoms with Crippen molar-refractivity contribution in [3.8, 4) is 0 Å². The third-order valence-corrected chi connectivity index (χ3v) is 7.04. The molecule has 37 heavy (non-hydrogen) atoms. The Labute approximate surface area is 227 Å². The molecule has 0 aliphatic carbocycles. The van der Waals surface area contributed by atoms with Crippen molar-refractivity contribution in [1.29, 1.82) is 0 Å². The van der Waals surface area contributed by atoms with Gasteiger partial charge in [-0.1, -0.05) is 53.5 Å². The van der Waals surface area contributed by atoms with E-state index in [2.05, 4.69) is 27.7 Å². The summed E-state index contributed by atoms with van der Waals surface area (Å²) in [6.45, 7) is 2.58. The topological polar surface area (TPSA) is 88.1 Å². The summed E-state index contributed by atoms with van der Waals surface area (Å²) < 4.78 is 0. The lowest BCUT2D eigenvalue weighted by Gasteiger charge is -2.38. The van der Waals surface area contributed by atoms with Crippen molar-refractivity contribution < 1.29 is 15.0 Å². The molecule has 3 aromatic carbocycles. The molecule has 1 aliphatic rings. The molecule has 196 valence electrons. The van der Waals surface area contributed by atoms with Crippen LogP contribution in [0.4, 0.5) is 17.1 Å². The highest BCUT2D eigenvalue weighted by molar-refractivity contribution is 6.39. The number of nitrogens with one attached hydrogen (secondary N) is 2. The van der Waals surface area contributed by atoms with Gasteiger partial charge in [-0.3, -0.25) is 9.69 Å². The summed E-state index contributed by atoms with van der Waals surface area (Å²) in [6.07, 6.45) is 1.23. The number of hydrogen-bond acceptors (Lipinski definition) is 6. The highest BCUT2D eigenvalue weighted by Crippen LogP contribution is 2.32. The first-order valence-electron chi connectivity index (χ1n) is 12.4. The summed E-state index contributed by atoms with van der Waals surface area (Å²) in [5, 5.41) is 26.6. The molecule has 1 heterocycles. The van der Waals surface area contributed by atoms with Crippen LogP contribution in [0.5, 0.6) is 0 Å². The lowest BCUT2D eigenvalue weighted by atomic mass is 10.1. The third kappa shape index (κ3) is 7.60. The zero-order chi connectivity index (χ0) is 26.2. The number of benzene rings is 3. The van der Waals surface area contributed by atoms with E-state index in [0.717, 1.165) is 37.3 Å². The van der Waals surface area contributed by atoms with Gasteiger partial charge in [-0.15, -0.1) is 0 Å². The van der Waals surface area contributed by atoms with Crippen LogP contribution in [-0.4, -0.2) is 53.6 Å². The van der Waals surface area contributed by atoms with Crippen LogP contribution >= 0.6 is 23.2 Å². The fraction of sp³-hybridized carbons (Fsp3) is 0.321. The van der Waals surface area contributed by atoms with Gasteiger partial charge in [0.25, 0.3) is 0 Å². The van der Waals surface area contributed by atoms with Crippen LogP contribution < -0.4 is 15.5 Å².